The van der Waals surface area contributed by atoms with Crippen molar-refractivity contribution in [2.45, 2.75) is 0 Å². The predicted octanol–water partition coefficient (Wildman–Crippen LogP) is -0.321. The molecule has 0 aromatic rings. The first-order chi connectivity index (χ1) is 1.73. The van der Waals surface area contributed by atoms with Crippen LogP contribution in [0.1, 0.15) is 0 Å². The summed E-state index contributed by atoms with van der Waals surface area (Å²) in [6, 6.07) is 0. The summed E-state index contributed by atoms with van der Waals surface area (Å²) >= 11 is -2.61. The van der Waals surface area contributed by atoms with Crippen molar-refractivity contribution in [3.8, 4) is 0 Å². The Balaban J connectivity index is 0. The third-order valence-electron chi connectivity index (χ3n) is 0. The molecule has 2 N–H and O–H groups in total. The summed E-state index contributed by atoms with van der Waals surface area (Å²) in [4.78, 5) is 0. The van der Waals surface area contributed by atoms with Gasteiger partial charge in [-0.25, -0.2) is 0 Å². The summed E-state index contributed by atoms with van der Waals surface area (Å²) in [5.74, 6) is 0. The largest absolute Gasteiger partial charge is 0.299 e. The van der Waals surface area contributed by atoms with E-state index in [1.54, 1.807) is 0 Å². The van der Waals surface area contributed by atoms with Gasteiger partial charge >= 0.3 is 0 Å². The standard InChI is InChI=1S/H2O3S.Ta/c1-4(2)3;/h(H2,1,2,3);. The van der Waals surface area contributed by atoms with E-state index in [0.717, 1.165) is 0 Å². The van der Waals surface area contributed by atoms with Gasteiger partial charge in [0, 0.05) is 22.4 Å². The zero-order chi connectivity index (χ0) is 3.58. The summed E-state index contributed by atoms with van der Waals surface area (Å²) in [7, 11) is 0. The van der Waals surface area contributed by atoms with Gasteiger partial charge in [0.15, 0.2) is 0 Å². The summed E-state index contributed by atoms with van der Waals surface area (Å²) in [6.45, 7) is 0. The fraction of sp³-hybridized carbons (Fsp3) is 0. The average Bonchev–Trinajstić information content (AvgIpc) is 0.811. The van der Waals surface area contributed by atoms with Crippen molar-refractivity contribution >= 4 is 11.4 Å². The first kappa shape index (κ1) is 9.26. The minimum absolute atomic E-state index is 0. The summed E-state index contributed by atoms with van der Waals surface area (Å²) in [5, 5.41) is 0. The normalized spacial score (nSPS) is 7.00. The van der Waals surface area contributed by atoms with Crippen molar-refractivity contribution in [2.24, 2.45) is 0 Å². The molecule has 0 aliphatic heterocycles. The maximum atomic E-state index is 8.67. The van der Waals surface area contributed by atoms with Crippen LogP contribution in [0.15, 0.2) is 0 Å². The summed E-state index contributed by atoms with van der Waals surface area (Å²) in [6.07, 6.45) is 0. The molecule has 1 radical (unpaired) electrons. The molecule has 0 heterocycles. The number of rotatable bonds is 0. The van der Waals surface area contributed by atoms with Crippen molar-refractivity contribution in [2.75, 3.05) is 0 Å². The van der Waals surface area contributed by atoms with E-state index in [9.17, 15) is 0 Å². The number of hydrogen-bond acceptors (Lipinski definition) is 1. The second-order valence-electron chi connectivity index (χ2n) is 0.231. The molecule has 0 saturated carbocycles. The van der Waals surface area contributed by atoms with Crippen LogP contribution in [0.2, 0.25) is 0 Å². The number of hydrogen-bond donors (Lipinski definition) is 2. The molecule has 0 amide bonds. The van der Waals surface area contributed by atoms with Crippen LogP contribution in [0.5, 0.6) is 0 Å². The Morgan fingerprint density at radius 3 is 1.40 bits per heavy atom. The van der Waals surface area contributed by atoms with Crippen molar-refractivity contribution in [1.82, 2.24) is 0 Å². The third-order valence-corrected chi connectivity index (χ3v) is 0. The zero-order valence-electron chi connectivity index (χ0n) is 2.16. The van der Waals surface area contributed by atoms with Crippen LogP contribution < -0.4 is 0 Å². The minimum Gasteiger partial charge on any atom is -0.284 e. The molecule has 0 aliphatic rings. The van der Waals surface area contributed by atoms with Gasteiger partial charge in [0.2, 0.25) is 0 Å². The zero-order valence-corrected chi connectivity index (χ0v) is 6.19. The van der Waals surface area contributed by atoms with Gasteiger partial charge in [0.25, 0.3) is 11.4 Å². The summed E-state index contributed by atoms with van der Waals surface area (Å²) < 4.78 is 22.8. The van der Waals surface area contributed by atoms with E-state index in [4.69, 9.17) is 13.3 Å². The van der Waals surface area contributed by atoms with Crippen LogP contribution in [-0.2, 0) is 33.7 Å². The van der Waals surface area contributed by atoms with Crippen LogP contribution in [-0.4, -0.2) is 13.3 Å². The van der Waals surface area contributed by atoms with Crippen molar-refractivity contribution in [1.29, 1.82) is 0 Å². The van der Waals surface area contributed by atoms with Gasteiger partial charge in [-0.2, -0.15) is 4.21 Å². The molecular formula is H2O3STa. The monoisotopic (exact) mass is 263 g/mol. The topological polar surface area (TPSA) is 57.5 Å². The fourth-order valence-corrected chi connectivity index (χ4v) is 0. The Labute approximate surface area is 47.4 Å². The van der Waals surface area contributed by atoms with Crippen molar-refractivity contribution < 1.29 is 35.7 Å². The molecule has 0 saturated heterocycles. The fourth-order valence-electron chi connectivity index (χ4n) is 0. The maximum Gasteiger partial charge on any atom is 0.299 e. The molecule has 0 aliphatic carbocycles. The van der Waals surface area contributed by atoms with Gasteiger partial charge in [-0.1, -0.05) is 0 Å². The van der Waals surface area contributed by atoms with Crippen LogP contribution in [0, 0.1) is 0 Å². The Bertz CT molecular complexity index is 29.9. The molecule has 0 aromatic carbocycles. The van der Waals surface area contributed by atoms with Gasteiger partial charge in [-0.3, -0.25) is 9.11 Å². The quantitative estimate of drug-likeness (QED) is 0.589. The van der Waals surface area contributed by atoms with E-state index in [2.05, 4.69) is 0 Å². The molecule has 0 atom stereocenters. The minimum atomic E-state index is -2.61. The second-order valence-corrected chi connectivity index (χ2v) is 0.692. The Hall–Kier alpha value is 0.810. The SMILES string of the molecule is O=S(O)O.[Ta]. The van der Waals surface area contributed by atoms with Crippen molar-refractivity contribution in [3.05, 3.63) is 0 Å². The van der Waals surface area contributed by atoms with Gasteiger partial charge in [-0.15, -0.1) is 0 Å². The van der Waals surface area contributed by atoms with Crippen LogP contribution in [0.4, 0.5) is 0 Å². The van der Waals surface area contributed by atoms with Crippen LogP contribution >= 0.6 is 0 Å². The molecule has 5 heavy (non-hydrogen) atoms. The van der Waals surface area contributed by atoms with E-state index in [-0.39, 0.29) is 22.4 Å². The van der Waals surface area contributed by atoms with E-state index in [1.165, 1.54) is 0 Å². The molecule has 0 aromatic heterocycles. The first-order valence-corrected chi connectivity index (χ1v) is 1.60. The summed E-state index contributed by atoms with van der Waals surface area (Å²) in [5.41, 5.74) is 0. The Morgan fingerprint density at radius 2 is 1.40 bits per heavy atom. The second kappa shape index (κ2) is 4.81. The Morgan fingerprint density at radius 1 is 1.40 bits per heavy atom. The van der Waals surface area contributed by atoms with Crippen molar-refractivity contribution in [3.63, 3.8) is 0 Å². The van der Waals surface area contributed by atoms with Gasteiger partial charge < -0.3 is 0 Å². The van der Waals surface area contributed by atoms with Crippen LogP contribution in [0.25, 0.3) is 0 Å². The predicted molar refractivity (Wildman–Crippen MR) is 13.4 cm³/mol. The molecule has 5 heteroatoms. The van der Waals surface area contributed by atoms with Gasteiger partial charge in [0.05, 0.1) is 0 Å². The van der Waals surface area contributed by atoms with E-state index in [0.29, 0.717) is 0 Å². The maximum absolute atomic E-state index is 8.67. The van der Waals surface area contributed by atoms with Gasteiger partial charge in [-0.05, 0) is 0 Å². The molecule has 0 spiro atoms. The third kappa shape index (κ3) is 57.9. The average molecular weight is 263 g/mol. The smallest absolute Gasteiger partial charge is 0.284 e. The molecule has 0 rings (SSSR count). The van der Waals surface area contributed by atoms with E-state index in [1.807, 2.05) is 0 Å². The van der Waals surface area contributed by atoms with E-state index < -0.39 is 11.4 Å². The molecule has 0 fully saturated rings. The molecule has 3 nitrogen and oxygen atoms in total. The van der Waals surface area contributed by atoms with E-state index >= 15 is 0 Å². The molecule has 0 bridgehead atoms. The first-order valence-electron chi connectivity index (χ1n) is 0.532. The Kier molecular flexibility index (Phi) is 8.91. The van der Waals surface area contributed by atoms with Gasteiger partial charge in [0.1, 0.15) is 0 Å². The molecular weight excluding hydrogens is 261 g/mol. The molecule has 0 unspecified atom stereocenters. The molecule has 31 valence electrons. The van der Waals surface area contributed by atoms with Crippen LogP contribution in [0.3, 0.4) is 0 Å².